The lowest BCUT2D eigenvalue weighted by Gasteiger charge is -2.28. The third kappa shape index (κ3) is 2.26. The van der Waals surface area contributed by atoms with Crippen LogP contribution in [0.3, 0.4) is 0 Å². The number of carbonyl (C=O) groups excluding carboxylic acids is 1. The molecule has 1 aliphatic carbocycles. The van der Waals surface area contributed by atoms with Gasteiger partial charge in [-0.15, -0.1) is 0 Å². The Kier molecular flexibility index (Phi) is 3.53. The first kappa shape index (κ1) is 12.6. The fraction of sp³-hybridized carbons (Fsp3) is 0.533. The molecule has 4 heteroatoms. The van der Waals surface area contributed by atoms with Gasteiger partial charge in [0.1, 0.15) is 6.04 Å². The van der Waals surface area contributed by atoms with Crippen molar-refractivity contribution in [3.8, 4) is 0 Å². The van der Waals surface area contributed by atoms with Crippen molar-refractivity contribution in [2.24, 2.45) is 0 Å². The Morgan fingerprint density at radius 3 is 2.79 bits per heavy atom. The molecule has 102 valence electrons. The molecule has 0 radical (unpaired) electrons. The van der Waals surface area contributed by atoms with E-state index in [2.05, 4.69) is 5.32 Å². The van der Waals surface area contributed by atoms with Crippen molar-refractivity contribution in [3.05, 3.63) is 35.9 Å². The van der Waals surface area contributed by atoms with Crippen LogP contribution in [-0.4, -0.2) is 36.7 Å². The average molecular weight is 260 g/mol. The molecule has 0 aromatic heterocycles. The summed E-state index contributed by atoms with van der Waals surface area (Å²) in [7, 11) is 1.74. The van der Waals surface area contributed by atoms with Gasteiger partial charge in [0.05, 0.1) is 18.8 Å². The zero-order valence-electron chi connectivity index (χ0n) is 11.2. The quantitative estimate of drug-likeness (QED) is 0.899. The third-order valence-corrected chi connectivity index (χ3v) is 4.25. The average Bonchev–Trinajstić information content (AvgIpc) is 3.05. The summed E-state index contributed by atoms with van der Waals surface area (Å²) in [5.41, 5.74) is 1.04. The first-order valence-electron chi connectivity index (χ1n) is 6.93. The second kappa shape index (κ2) is 5.31. The summed E-state index contributed by atoms with van der Waals surface area (Å²) in [6, 6.07) is 9.96. The van der Waals surface area contributed by atoms with Crippen molar-refractivity contribution in [2.45, 2.75) is 37.5 Å². The second-order valence-corrected chi connectivity index (χ2v) is 5.29. The predicted molar refractivity (Wildman–Crippen MR) is 72.5 cm³/mol. The number of hydrogen-bond donors (Lipinski definition) is 1. The molecule has 1 aromatic rings. The fourth-order valence-electron chi connectivity index (χ4n) is 3.25. The van der Waals surface area contributed by atoms with Gasteiger partial charge >= 0.3 is 0 Å². The van der Waals surface area contributed by atoms with E-state index in [0.29, 0.717) is 6.67 Å². The molecule has 1 N–H and O–H groups in total. The molecule has 19 heavy (non-hydrogen) atoms. The Hall–Kier alpha value is -1.39. The van der Waals surface area contributed by atoms with Gasteiger partial charge in [0.25, 0.3) is 0 Å². The van der Waals surface area contributed by atoms with Crippen molar-refractivity contribution < 1.29 is 9.53 Å². The zero-order valence-corrected chi connectivity index (χ0v) is 11.2. The number of benzene rings is 1. The minimum Gasteiger partial charge on any atom is -0.379 e. The molecule has 0 bridgehead atoms. The van der Waals surface area contributed by atoms with Crippen LogP contribution in [0.25, 0.3) is 0 Å². The van der Waals surface area contributed by atoms with E-state index in [1.165, 1.54) is 0 Å². The molecule has 1 amide bonds. The topological polar surface area (TPSA) is 41.6 Å². The van der Waals surface area contributed by atoms with Crippen LogP contribution in [0.15, 0.2) is 30.3 Å². The van der Waals surface area contributed by atoms with Crippen molar-refractivity contribution in [1.29, 1.82) is 0 Å². The summed E-state index contributed by atoms with van der Waals surface area (Å²) >= 11 is 0. The molecule has 1 aliphatic heterocycles. The van der Waals surface area contributed by atoms with Crippen molar-refractivity contribution >= 4 is 5.91 Å². The lowest BCUT2D eigenvalue weighted by atomic mass is 10.1. The Morgan fingerprint density at radius 1 is 1.26 bits per heavy atom. The molecule has 4 nitrogen and oxygen atoms in total. The number of carbonyl (C=O) groups is 1. The van der Waals surface area contributed by atoms with Crippen LogP contribution >= 0.6 is 0 Å². The lowest BCUT2D eigenvalue weighted by molar-refractivity contribution is -0.133. The zero-order chi connectivity index (χ0) is 13.2. The van der Waals surface area contributed by atoms with Crippen LogP contribution in [-0.2, 0) is 9.53 Å². The first-order chi connectivity index (χ1) is 9.31. The summed E-state index contributed by atoms with van der Waals surface area (Å²) in [6.07, 6.45) is 3.44. The maximum Gasteiger partial charge on any atom is 0.245 e. The Morgan fingerprint density at radius 2 is 2.05 bits per heavy atom. The number of hydrogen-bond acceptors (Lipinski definition) is 3. The van der Waals surface area contributed by atoms with Gasteiger partial charge in [-0.2, -0.15) is 0 Å². The molecule has 1 heterocycles. The van der Waals surface area contributed by atoms with Crippen LogP contribution in [0.5, 0.6) is 0 Å². The summed E-state index contributed by atoms with van der Waals surface area (Å²) in [6.45, 7) is 0.628. The monoisotopic (exact) mass is 260 g/mol. The molecule has 1 saturated heterocycles. The normalized spacial score (nSPS) is 31.1. The standard InChI is InChI=1S/C15H20N2O2/c1-19-13-9-5-8-12(13)17-10-16-14(15(17)18)11-6-3-2-4-7-11/h2-4,6-7,12-14,16H,5,8-10H2,1H3. The summed E-state index contributed by atoms with van der Waals surface area (Å²) < 4.78 is 5.50. The molecule has 2 aliphatic rings. The molecule has 3 atom stereocenters. The van der Waals surface area contributed by atoms with Gasteiger partial charge < -0.3 is 9.64 Å². The van der Waals surface area contributed by atoms with Gasteiger partial charge in [-0.05, 0) is 24.8 Å². The highest BCUT2D eigenvalue weighted by Gasteiger charge is 2.41. The highest BCUT2D eigenvalue weighted by molar-refractivity contribution is 5.85. The summed E-state index contributed by atoms with van der Waals surface area (Å²) in [4.78, 5) is 14.5. The first-order valence-corrected chi connectivity index (χ1v) is 6.93. The maximum absolute atomic E-state index is 12.6. The predicted octanol–water partition coefficient (Wildman–Crippen LogP) is 1.68. The Balaban J connectivity index is 1.75. The van der Waals surface area contributed by atoms with E-state index in [4.69, 9.17) is 4.74 Å². The molecule has 1 aromatic carbocycles. The number of nitrogens with one attached hydrogen (secondary N) is 1. The highest BCUT2D eigenvalue weighted by Crippen LogP contribution is 2.31. The van der Waals surface area contributed by atoms with Crippen LogP contribution in [0.4, 0.5) is 0 Å². The number of rotatable bonds is 3. The van der Waals surface area contributed by atoms with E-state index in [-0.39, 0.29) is 24.1 Å². The van der Waals surface area contributed by atoms with Gasteiger partial charge in [0.15, 0.2) is 0 Å². The minimum absolute atomic E-state index is 0.181. The van der Waals surface area contributed by atoms with E-state index in [1.807, 2.05) is 35.2 Å². The van der Waals surface area contributed by atoms with E-state index in [9.17, 15) is 4.79 Å². The van der Waals surface area contributed by atoms with E-state index in [0.717, 1.165) is 24.8 Å². The number of amides is 1. The van der Waals surface area contributed by atoms with Crippen molar-refractivity contribution in [2.75, 3.05) is 13.8 Å². The van der Waals surface area contributed by atoms with Gasteiger partial charge in [0.2, 0.25) is 5.91 Å². The van der Waals surface area contributed by atoms with E-state index >= 15 is 0 Å². The Labute approximate surface area is 113 Å². The summed E-state index contributed by atoms with van der Waals surface area (Å²) in [5, 5.41) is 3.32. The molecular weight excluding hydrogens is 240 g/mol. The molecule has 2 fully saturated rings. The van der Waals surface area contributed by atoms with Crippen LogP contribution in [0, 0.1) is 0 Å². The van der Waals surface area contributed by atoms with Gasteiger partial charge in [0, 0.05) is 7.11 Å². The molecule has 3 unspecified atom stereocenters. The number of ether oxygens (including phenoxy) is 1. The maximum atomic E-state index is 12.6. The SMILES string of the molecule is COC1CCCC1N1CNC(c2ccccc2)C1=O. The summed E-state index contributed by atoms with van der Waals surface area (Å²) in [5.74, 6) is 0.181. The lowest BCUT2D eigenvalue weighted by Crippen LogP contribution is -2.42. The number of nitrogens with zero attached hydrogens (tertiary/aromatic N) is 1. The van der Waals surface area contributed by atoms with E-state index < -0.39 is 0 Å². The van der Waals surface area contributed by atoms with Crippen LogP contribution < -0.4 is 5.32 Å². The van der Waals surface area contributed by atoms with Crippen molar-refractivity contribution in [3.63, 3.8) is 0 Å². The highest BCUT2D eigenvalue weighted by atomic mass is 16.5. The van der Waals surface area contributed by atoms with Gasteiger partial charge in [-0.3, -0.25) is 10.1 Å². The minimum atomic E-state index is -0.195. The molecule has 3 rings (SSSR count). The molecular formula is C15H20N2O2. The van der Waals surface area contributed by atoms with Crippen LogP contribution in [0.1, 0.15) is 30.9 Å². The third-order valence-electron chi connectivity index (χ3n) is 4.25. The Bertz CT molecular complexity index is 449. The largest absolute Gasteiger partial charge is 0.379 e. The van der Waals surface area contributed by atoms with E-state index in [1.54, 1.807) is 7.11 Å². The smallest absolute Gasteiger partial charge is 0.245 e. The molecule has 1 saturated carbocycles. The van der Waals surface area contributed by atoms with Crippen molar-refractivity contribution in [1.82, 2.24) is 10.2 Å². The van der Waals surface area contributed by atoms with Crippen LogP contribution in [0.2, 0.25) is 0 Å². The molecule has 0 spiro atoms. The van der Waals surface area contributed by atoms with Gasteiger partial charge in [-0.1, -0.05) is 30.3 Å². The number of methoxy groups -OCH3 is 1. The second-order valence-electron chi connectivity index (χ2n) is 5.29. The van der Waals surface area contributed by atoms with Gasteiger partial charge in [-0.25, -0.2) is 0 Å². The fourth-order valence-corrected chi connectivity index (χ4v) is 3.25.